The molecule has 126 valence electrons. The minimum absolute atomic E-state index is 0.126. The molecule has 3 rings (SSSR count). The Bertz CT molecular complexity index is 773. The lowest BCUT2D eigenvalue weighted by molar-refractivity contribution is 0.102. The highest BCUT2D eigenvalue weighted by molar-refractivity contribution is 14.1. The van der Waals surface area contributed by atoms with Gasteiger partial charge in [0.15, 0.2) is 11.5 Å². The number of halogens is 1. The largest absolute Gasteiger partial charge is 0.493 e. The van der Waals surface area contributed by atoms with Gasteiger partial charge < -0.3 is 14.8 Å². The van der Waals surface area contributed by atoms with Crippen molar-refractivity contribution in [1.82, 2.24) is 0 Å². The maximum atomic E-state index is 12.8. The summed E-state index contributed by atoms with van der Waals surface area (Å²) in [5, 5.41) is 3.08. The van der Waals surface area contributed by atoms with E-state index in [4.69, 9.17) is 9.47 Å². The van der Waals surface area contributed by atoms with Crippen LogP contribution in [-0.2, 0) is 12.8 Å². The molecular weight excluding hydrogens is 417 g/mol. The molecule has 0 aromatic heterocycles. The first kappa shape index (κ1) is 17.1. The van der Waals surface area contributed by atoms with Crippen molar-refractivity contribution in [3.8, 4) is 11.5 Å². The summed E-state index contributed by atoms with van der Waals surface area (Å²) in [5.74, 6) is 1.05. The van der Waals surface area contributed by atoms with Crippen LogP contribution in [0.1, 0.15) is 34.3 Å². The highest BCUT2D eigenvalue weighted by Crippen LogP contribution is 2.33. The molecule has 2 aromatic rings. The van der Waals surface area contributed by atoms with Gasteiger partial charge in [0.1, 0.15) is 0 Å². The molecule has 0 atom stereocenters. The summed E-state index contributed by atoms with van der Waals surface area (Å²) in [4.78, 5) is 12.8. The Balaban J connectivity index is 1.91. The molecule has 0 saturated carbocycles. The van der Waals surface area contributed by atoms with Crippen molar-refractivity contribution in [1.29, 1.82) is 0 Å². The van der Waals surface area contributed by atoms with Gasteiger partial charge in [-0.05, 0) is 77.6 Å². The van der Waals surface area contributed by atoms with Crippen molar-refractivity contribution in [3.63, 3.8) is 0 Å². The Morgan fingerprint density at radius 3 is 2.54 bits per heavy atom. The fourth-order valence-electron chi connectivity index (χ4n) is 3.12. The van der Waals surface area contributed by atoms with Crippen LogP contribution >= 0.6 is 22.6 Å². The quantitative estimate of drug-likeness (QED) is 0.720. The molecule has 0 saturated heterocycles. The van der Waals surface area contributed by atoms with Crippen molar-refractivity contribution < 1.29 is 14.3 Å². The Labute approximate surface area is 155 Å². The van der Waals surface area contributed by atoms with Crippen LogP contribution in [0, 0.1) is 3.57 Å². The first-order chi connectivity index (χ1) is 11.6. The third kappa shape index (κ3) is 3.36. The van der Waals surface area contributed by atoms with Gasteiger partial charge in [-0.3, -0.25) is 4.79 Å². The third-order valence-corrected chi connectivity index (χ3v) is 5.25. The lowest BCUT2D eigenvalue weighted by atomic mass is 9.90. The second-order valence-electron chi connectivity index (χ2n) is 5.79. The van der Waals surface area contributed by atoms with E-state index in [1.54, 1.807) is 20.3 Å². The van der Waals surface area contributed by atoms with E-state index in [0.717, 1.165) is 22.1 Å². The number of hydrogen-bond donors (Lipinski definition) is 1. The van der Waals surface area contributed by atoms with Crippen molar-refractivity contribution in [2.45, 2.75) is 25.7 Å². The van der Waals surface area contributed by atoms with Gasteiger partial charge in [-0.25, -0.2) is 0 Å². The van der Waals surface area contributed by atoms with Crippen LogP contribution in [0.15, 0.2) is 30.3 Å². The maximum absolute atomic E-state index is 12.8. The molecule has 0 heterocycles. The van der Waals surface area contributed by atoms with Crippen LogP contribution in [0.2, 0.25) is 0 Å². The minimum Gasteiger partial charge on any atom is -0.493 e. The summed E-state index contributed by atoms with van der Waals surface area (Å²) in [5.41, 5.74) is 4.12. The van der Waals surface area contributed by atoms with E-state index < -0.39 is 0 Å². The maximum Gasteiger partial charge on any atom is 0.256 e. The van der Waals surface area contributed by atoms with Crippen molar-refractivity contribution in [2.75, 3.05) is 19.5 Å². The summed E-state index contributed by atoms with van der Waals surface area (Å²) in [6.07, 6.45) is 4.51. The van der Waals surface area contributed by atoms with E-state index in [2.05, 4.69) is 34.0 Å². The van der Waals surface area contributed by atoms with Gasteiger partial charge in [0.2, 0.25) is 0 Å². The van der Waals surface area contributed by atoms with E-state index in [9.17, 15) is 4.79 Å². The number of carbonyl (C=O) groups is 1. The standard InChI is InChI=1S/C19H20INO3/c1-23-17-10-14(15(20)11-18(17)24-2)19(22)21-16-9-5-7-12-6-3-4-8-13(12)16/h5,7,9-11H,3-4,6,8H2,1-2H3,(H,21,22). The van der Waals surface area contributed by atoms with Crippen LogP contribution in [0.3, 0.4) is 0 Å². The molecule has 0 bridgehead atoms. The van der Waals surface area contributed by atoms with Gasteiger partial charge in [-0.15, -0.1) is 0 Å². The summed E-state index contributed by atoms with van der Waals surface area (Å²) in [6.45, 7) is 0. The second kappa shape index (κ2) is 7.42. The Morgan fingerprint density at radius 2 is 1.79 bits per heavy atom. The number of aryl methyl sites for hydroxylation is 1. The topological polar surface area (TPSA) is 47.6 Å². The number of anilines is 1. The van der Waals surface area contributed by atoms with Crippen LogP contribution < -0.4 is 14.8 Å². The Kier molecular flexibility index (Phi) is 5.28. The zero-order valence-electron chi connectivity index (χ0n) is 13.8. The molecule has 2 aromatic carbocycles. The first-order valence-electron chi connectivity index (χ1n) is 7.97. The van der Waals surface area contributed by atoms with Gasteiger partial charge in [-0.1, -0.05) is 12.1 Å². The molecule has 1 aliphatic rings. The smallest absolute Gasteiger partial charge is 0.256 e. The van der Waals surface area contributed by atoms with Crippen LogP contribution in [0.4, 0.5) is 5.69 Å². The third-order valence-electron chi connectivity index (χ3n) is 4.36. The average molecular weight is 437 g/mol. The number of fused-ring (bicyclic) bond motifs is 1. The zero-order valence-corrected chi connectivity index (χ0v) is 16.0. The molecular formula is C19H20INO3. The van der Waals surface area contributed by atoms with E-state index in [1.807, 2.05) is 18.2 Å². The summed E-state index contributed by atoms with van der Waals surface area (Å²) >= 11 is 2.15. The lowest BCUT2D eigenvalue weighted by Crippen LogP contribution is -2.16. The molecule has 0 unspecified atom stereocenters. The molecule has 4 nitrogen and oxygen atoms in total. The normalized spacial score (nSPS) is 13.1. The fourth-order valence-corrected chi connectivity index (χ4v) is 3.80. The molecule has 1 aliphatic carbocycles. The van der Waals surface area contributed by atoms with Gasteiger partial charge in [0.25, 0.3) is 5.91 Å². The predicted octanol–water partition coefficient (Wildman–Crippen LogP) is 4.44. The van der Waals surface area contributed by atoms with Gasteiger partial charge >= 0.3 is 0 Å². The number of amides is 1. The molecule has 1 N–H and O–H groups in total. The van der Waals surface area contributed by atoms with E-state index in [-0.39, 0.29) is 5.91 Å². The monoisotopic (exact) mass is 437 g/mol. The van der Waals surface area contributed by atoms with Crippen LogP contribution in [0.5, 0.6) is 11.5 Å². The highest BCUT2D eigenvalue weighted by Gasteiger charge is 2.18. The summed E-state index contributed by atoms with van der Waals surface area (Å²) in [7, 11) is 3.16. The zero-order chi connectivity index (χ0) is 17.1. The van der Waals surface area contributed by atoms with Gasteiger partial charge in [0.05, 0.1) is 19.8 Å². The number of ether oxygens (including phenoxy) is 2. The molecule has 24 heavy (non-hydrogen) atoms. The number of benzene rings is 2. The van der Waals surface area contributed by atoms with E-state index in [1.165, 1.54) is 24.0 Å². The van der Waals surface area contributed by atoms with Crippen LogP contribution in [-0.4, -0.2) is 20.1 Å². The lowest BCUT2D eigenvalue weighted by Gasteiger charge is -2.20. The minimum atomic E-state index is -0.126. The predicted molar refractivity (Wildman–Crippen MR) is 103 cm³/mol. The number of hydrogen-bond acceptors (Lipinski definition) is 3. The van der Waals surface area contributed by atoms with Crippen molar-refractivity contribution in [3.05, 3.63) is 50.6 Å². The molecule has 0 fully saturated rings. The van der Waals surface area contributed by atoms with E-state index >= 15 is 0 Å². The Morgan fingerprint density at radius 1 is 1.08 bits per heavy atom. The van der Waals surface area contributed by atoms with E-state index in [0.29, 0.717) is 17.1 Å². The highest BCUT2D eigenvalue weighted by atomic mass is 127. The van der Waals surface area contributed by atoms with Crippen molar-refractivity contribution >= 4 is 34.2 Å². The molecule has 0 spiro atoms. The number of methoxy groups -OCH3 is 2. The fraction of sp³-hybridized carbons (Fsp3) is 0.316. The molecule has 1 amide bonds. The number of carbonyl (C=O) groups excluding carboxylic acids is 1. The van der Waals surface area contributed by atoms with Crippen molar-refractivity contribution in [2.24, 2.45) is 0 Å². The molecule has 0 radical (unpaired) electrons. The van der Waals surface area contributed by atoms with Gasteiger partial charge in [-0.2, -0.15) is 0 Å². The summed E-state index contributed by atoms with van der Waals surface area (Å²) in [6, 6.07) is 9.69. The first-order valence-corrected chi connectivity index (χ1v) is 9.05. The second-order valence-corrected chi connectivity index (χ2v) is 6.95. The molecule has 5 heteroatoms. The summed E-state index contributed by atoms with van der Waals surface area (Å²) < 4.78 is 11.4. The Hall–Kier alpha value is -1.76. The average Bonchev–Trinajstić information content (AvgIpc) is 2.61. The number of rotatable bonds is 4. The SMILES string of the molecule is COc1cc(I)c(C(=O)Nc2cccc3c2CCCC3)cc1OC. The van der Waals surface area contributed by atoms with Gasteiger partial charge in [0, 0.05) is 9.26 Å². The van der Waals surface area contributed by atoms with Crippen LogP contribution in [0.25, 0.3) is 0 Å². The number of nitrogens with one attached hydrogen (secondary N) is 1. The molecule has 0 aliphatic heterocycles.